The van der Waals surface area contributed by atoms with Gasteiger partial charge >= 0.3 is 11.9 Å². The number of thiocarbonyl (C=S) groups is 1. The average molecular weight is 396 g/mol. The molecule has 0 fully saturated rings. The SMILES string of the molecule is COC(=O)c1ccc([C@@H]2NC(=S)NC(C)=C2C(=O)OCc2ccccc2)cc1. The van der Waals surface area contributed by atoms with Crippen LogP contribution in [0.5, 0.6) is 0 Å². The minimum Gasteiger partial charge on any atom is -0.465 e. The molecule has 0 aliphatic carbocycles. The molecule has 0 unspecified atom stereocenters. The van der Waals surface area contributed by atoms with Crippen molar-refractivity contribution in [1.29, 1.82) is 0 Å². The van der Waals surface area contributed by atoms with E-state index in [0.29, 0.717) is 21.9 Å². The number of allylic oxidation sites excluding steroid dienone is 1. The third-order valence-corrected chi connectivity index (χ3v) is 4.59. The third kappa shape index (κ3) is 4.37. The van der Waals surface area contributed by atoms with Crippen molar-refractivity contribution in [2.45, 2.75) is 19.6 Å². The van der Waals surface area contributed by atoms with Crippen molar-refractivity contribution >= 4 is 29.3 Å². The first-order valence-electron chi connectivity index (χ1n) is 8.67. The summed E-state index contributed by atoms with van der Waals surface area (Å²) in [5, 5.41) is 6.49. The summed E-state index contributed by atoms with van der Waals surface area (Å²) in [5.74, 6) is -0.861. The van der Waals surface area contributed by atoms with E-state index in [1.165, 1.54) is 7.11 Å². The van der Waals surface area contributed by atoms with E-state index < -0.39 is 18.0 Å². The van der Waals surface area contributed by atoms with Crippen LogP contribution in [0.1, 0.15) is 34.5 Å². The van der Waals surface area contributed by atoms with Gasteiger partial charge in [-0.2, -0.15) is 0 Å². The van der Waals surface area contributed by atoms with Crippen LogP contribution < -0.4 is 10.6 Å². The fourth-order valence-electron chi connectivity index (χ4n) is 2.94. The lowest BCUT2D eigenvalue weighted by molar-refractivity contribution is -0.140. The number of benzene rings is 2. The van der Waals surface area contributed by atoms with Crippen LogP contribution in [0.3, 0.4) is 0 Å². The molecule has 7 heteroatoms. The number of esters is 2. The molecule has 1 aliphatic rings. The molecule has 1 aliphatic heterocycles. The highest BCUT2D eigenvalue weighted by Crippen LogP contribution is 2.28. The molecular weight excluding hydrogens is 376 g/mol. The van der Waals surface area contributed by atoms with Gasteiger partial charge in [-0.1, -0.05) is 42.5 Å². The van der Waals surface area contributed by atoms with Crippen molar-refractivity contribution in [2.75, 3.05) is 7.11 Å². The highest BCUT2D eigenvalue weighted by molar-refractivity contribution is 7.80. The Morgan fingerprint density at radius 3 is 2.36 bits per heavy atom. The molecule has 2 N–H and O–H groups in total. The van der Waals surface area contributed by atoms with Gasteiger partial charge in [0.1, 0.15) is 6.61 Å². The van der Waals surface area contributed by atoms with Gasteiger partial charge in [0.05, 0.1) is 24.3 Å². The molecule has 0 aromatic heterocycles. The zero-order valence-corrected chi connectivity index (χ0v) is 16.3. The van der Waals surface area contributed by atoms with E-state index >= 15 is 0 Å². The van der Waals surface area contributed by atoms with Crippen LogP contribution in [-0.4, -0.2) is 24.2 Å². The molecule has 1 heterocycles. The molecule has 0 saturated carbocycles. The van der Waals surface area contributed by atoms with Gasteiger partial charge in [-0.15, -0.1) is 0 Å². The summed E-state index contributed by atoms with van der Waals surface area (Å²) in [4.78, 5) is 24.5. The van der Waals surface area contributed by atoms with Gasteiger partial charge in [0.15, 0.2) is 5.11 Å². The summed E-state index contributed by atoms with van der Waals surface area (Å²) in [5.41, 5.74) is 3.18. The minimum atomic E-state index is -0.483. The van der Waals surface area contributed by atoms with Gasteiger partial charge in [0.2, 0.25) is 0 Å². The second kappa shape index (κ2) is 8.67. The molecule has 0 radical (unpaired) electrons. The van der Waals surface area contributed by atoms with Crippen molar-refractivity contribution in [3.05, 3.63) is 82.6 Å². The van der Waals surface area contributed by atoms with E-state index in [2.05, 4.69) is 10.6 Å². The van der Waals surface area contributed by atoms with Gasteiger partial charge in [-0.25, -0.2) is 9.59 Å². The molecule has 28 heavy (non-hydrogen) atoms. The first-order chi connectivity index (χ1) is 13.5. The lowest BCUT2D eigenvalue weighted by Gasteiger charge is -2.30. The largest absolute Gasteiger partial charge is 0.465 e. The number of ether oxygens (including phenoxy) is 2. The molecular formula is C21H20N2O4S. The molecule has 1 atom stereocenters. The molecule has 0 spiro atoms. The first kappa shape index (κ1) is 19.6. The molecule has 144 valence electrons. The van der Waals surface area contributed by atoms with Gasteiger partial charge < -0.3 is 20.1 Å². The number of carbonyl (C=O) groups excluding carboxylic acids is 2. The Labute approximate surface area is 168 Å². The molecule has 2 aromatic carbocycles. The van der Waals surface area contributed by atoms with Crippen molar-refractivity contribution in [2.24, 2.45) is 0 Å². The van der Waals surface area contributed by atoms with Gasteiger partial charge in [-0.3, -0.25) is 0 Å². The monoisotopic (exact) mass is 396 g/mol. The van der Waals surface area contributed by atoms with Crippen molar-refractivity contribution < 1.29 is 19.1 Å². The van der Waals surface area contributed by atoms with E-state index in [9.17, 15) is 9.59 Å². The highest BCUT2D eigenvalue weighted by Gasteiger charge is 2.31. The molecule has 0 amide bonds. The number of hydrogen-bond acceptors (Lipinski definition) is 5. The fourth-order valence-corrected chi connectivity index (χ4v) is 3.22. The van der Waals surface area contributed by atoms with E-state index in [1.54, 1.807) is 31.2 Å². The smallest absolute Gasteiger partial charge is 0.338 e. The van der Waals surface area contributed by atoms with Gasteiger partial charge in [-0.05, 0) is 42.4 Å². The van der Waals surface area contributed by atoms with Crippen molar-refractivity contribution in [3.8, 4) is 0 Å². The van der Waals surface area contributed by atoms with Crippen LogP contribution >= 0.6 is 12.2 Å². The van der Waals surface area contributed by atoms with Crippen molar-refractivity contribution in [1.82, 2.24) is 10.6 Å². The summed E-state index contributed by atoms with van der Waals surface area (Å²) >= 11 is 5.24. The van der Waals surface area contributed by atoms with Crippen molar-refractivity contribution in [3.63, 3.8) is 0 Å². The Kier molecular flexibility index (Phi) is 6.06. The summed E-state index contributed by atoms with van der Waals surface area (Å²) in [7, 11) is 1.33. The van der Waals surface area contributed by atoms with Crippen LogP contribution in [0.25, 0.3) is 0 Å². The first-order valence-corrected chi connectivity index (χ1v) is 9.08. The van der Waals surface area contributed by atoms with Crippen LogP contribution in [0.15, 0.2) is 65.9 Å². The van der Waals surface area contributed by atoms with Crippen LogP contribution in [0.2, 0.25) is 0 Å². The van der Waals surface area contributed by atoms with E-state index in [4.69, 9.17) is 21.7 Å². The maximum Gasteiger partial charge on any atom is 0.338 e. The molecule has 2 aromatic rings. The van der Waals surface area contributed by atoms with Gasteiger partial charge in [0.25, 0.3) is 0 Å². The Morgan fingerprint density at radius 2 is 1.71 bits per heavy atom. The third-order valence-electron chi connectivity index (χ3n) is 4.37. The second-order valence-corrected chi connectivity index (χ2v) is 6.65. The zero-order valence-electron chi connectivity index (χ0n) is 15.5. The fraction of sp³-hybridized carbons (Fsp3) is 0.190. The van der Waals surface area contributed by atoms with E-state index in [-0.39, 0.29) is 6.61 Å². The lowest BCUT2D eigenvalue weighted by Crippen LogP contribution is -2.45. The number of carbonyl (C=O) groups is 2. The normalized spacial score (nSPS) is 16.1. The lowest BCUT2D eigenvalue weighted by atomic mass is 9.95. The minimum absolute atomic E-state index is 0.175. The predicted molar refractivity (Wildman–Crippen MR) is 108 cm³/mol. The Balaban J connectivity index is 1.84. The summed E-state index contributed by atoms with van der Waals surface area (Å²) in [6.45, 7) is 1.96. The maximum atomic E-state index is 12.8. The number of rotatable bonds is 5. The van der Waals surface area contributed by atoms with Crippen LogP contribution in [0, 0.1) is 0 Å². The maximum absolute atomic E-state index is 12.8. The summed E-state index contributed by atoms with van der Waals surface area (Å²) < 4.78 is 10.2. The standard InChI is InChI=1S/C21H20N2O4S/c1-13-17(20(25)27-12-14-6-4-3-5-7-14)18(23-21(28)22-13)15-8-10-16(11-9-15)19(24)26-2/h3-11,18H,12H2,1-2H3,(H2,22,23,28)/t18-/m0/s1. The zero-order chi connectivity index (χ0) is 20.1. The quantitative estimate of drug-likeness (QED) is 0.594. The Hall–Kier alpha value is -3.19. The highest BCUT2D eigenvalue weighted by atomic mass is 32.1. The summed E-state index contributed by atoms with van der Waals surface area (Å²) in [6.07, 6.45) is 0. The number of hydrogen-bond donors (Lipinski definition) is 2. The number of methoxy groups -OCH3 is 1. The molecule has 3 rings (SSSR count). The predicted octanol–water partition coefficient (Wildman–Crippen LogP) is 3.01. The molecule has 0 saturated heterocycles. The molecule has 0 bridgehead atoms. The van der Waals surface area contributed by atoms with E-state index in [1.807, 2.05) is 30.3 Å². The number of nitrogens with one attached hydrogen (secondary N) is 2. The van der Waals surface area contributed by atoms with Gasteiger partial charge in [0, 0.05) is 5.70 Å². The van der Waals surface area contributed by atoms with E-state index in [0.717, 1.165) is 11.1 Å². The van der Waals surface area contributed by atoms with Crippen LogP contribution in [0.4, 0.5) is 0 Å². The second-order valence-electron chi connectivity index (χ2n) is 6.25. The topological polar surface area (TPSA) is 76.7 Å². The Bertz CT molecular complexity index is 923. The Morgan fingerprint density at radius 1 is 1.04 bits per heavy atom. The molecule has 6 nitrogen and oxygen atoms in total. The average Bonchev–Trinajstić information content (AvgIpc) is 2.71. The van der Waals surface area contributed by atoms with Crippen LogP contribution in [-0.2, 0) is 20.9 Å². The summed E-state index contributed by atoms with van der Waals surface area (Å²) in [6, 6.07) is 15.8.